The van der Waals surface area contributed by atoms with Crippen LogP contribution in [0.4, 0.5) is 0 Å². The van der Waals surface area contributed by atoms with Crippen LogP contribution in [0.25, 0.3) is 0 Å². The lowest BCUT2D eigenvalue weighted by molar-refractivity contribution is -0.133. The molecule has 0 spiro atoms. The quantitative estimate of drug-likeness (QED) is 0.424. The first-order valence-corrected chi connectivity index (χ1v) is 13.1. The molecule has 0 heterocycles. The predicted molar refractivity (Wildman–Crippen MR) is 134 cm³/mol. The summed E-state index contributed by atoms with van der Waals surface area (Å²) in [7, 11) is -3.86. The molecule has 0 saturated carbocycles. The van der Waals surface area contributed by atoms with Gasteiger partial charge in [0.25, 0.3) is 0 Å². The molecule has 0 radical (unpaired) electrons. The smallest absolute Gasteiger partial charge is 0.249 e. The van der Waals surface area contributed by atoms with E-state index in [1.54, 1.807) is 38.1 Å². The van der Waals surface area contributed by atoms with E-state index in [-0.39, 0.29) is 29.8 Å². The average Bonchev–Trinajstić information content (AvgIpc) is 2.78. The monoisotopic (exact) mass is 490 g/mol. The Bertz CT molecular complexity index is 1010. The highest BCUT2D eigenvalue weighted by atomic mass is 32.2. The summed E-state index contributed by atoms with van der Waals surface area (Å²) in [6.07, 6.45) is -2.13. The highest BCUT2D eigenvalue weighted by Gasteiger charge is 2.32. The maximum absolute atomic E-state index is 13.4. The van der Waals surface area contributed by atoms with Crippen LogP contribution < -0.4 is 5.32 Å². The summed E-state index contributed by atoms with van der Waals surface area (Å²) in [6.45, 7) is 9.18. The van der Waals surface area contributed by atoms with Crippen LogP contribution in [0, 0.1) is 18.8 Å². The number of amides is 1. The van der Waals surface area contributed by atoms with Gasteiger partial charge in [-0.1, -0.05) is 75.7 Å². The summed E-state index contributed by atoms with van der Waals surface area (Å²) in [5, 5.41) is 24.1. The molecule has 7 nitrogen and oxygen atoms in total. The van der Waals surface area contributed by atoms with Gasteiger partial charge in [-0.25, -0.2) is 8.42 Å². The van der Waals surface area contributed by atoms with E-state index in [9.17, 15) is 23.4 Å². The molecule has 0 unspecified atom stereocenters. The summed E-state index contributed by atoms with van der Waals surface area (Å²) in [6, 6.07) is 15.1. The van der Waals surface area contributed by atoms with Gasteiger partial charge in [-0.15, -0.1) is 0 Å². The Labute approximate surface area is 203 Å². The fourth-order valence-corrected chi connectivity index (χ4v) is 5.22. The van der Waals surface area contributed by atoms with Crippen LogP contribution in [0.3, 0.4) is 0 Å². The van der Waals surface area contributed by atoms with Gasteiger partial charge < -0.3 is 15.5 Å². The number of carbonyl (C=O) groups is 1. The minimum atomic E-state index is -3.86. The second-order valence-corrected chi connectivity index (χ2v) is 11.5. The van der Waals surface area contributed by atoms with Gasteiger partial charge in [-0.3, -0.25) is 4.79 Å². The van der Waals surface area contributed by atoms with Gasteiger partial charge in [0.2, 0.25) is 15.9 Å². The van der Waals surface area contributed by atoms with Crippen molar-refractivity contribution < 1.29 is 23.4 Å². The molecule has 2 rings (SSSR count). The first kappa shape index (κ1) is 28.0. The molecule has 0 aliphatic rings. The number of hydrogen-bond acceptors (Lipinski definition) is 5. The third-order valence-corrected chi connectivity index (χ3v) is 7.45. The molecule has 2 aromatic rings. The summed E-state index contributed by atoms with van der Waals surface area (Å²) in [5.74, 6) is -0.863. The summed E-state index contributed by atoms with van der Waals surface area (Å²) >= 11 is 0. The van der Waals surface area contributed by atoms with Crippen molar-refractivity contribution in [3.05, 3.63) is 65.7 Å². The van der Waals surface area contributed by atoms with Crippen LogP contribution in [0.15, 0.2) is 59.5 Å². The minimum absolute atomic E-state index is 0.0253. The molecule has 8 heteroatoms. The van der Waals surface area contributed by atoms with Crippen molar-refractivity contribution in [2.24, 2.45) is 11.8 Å². The molecule has 0 fully saturated rings. The maximum Gasteiger partial charge on any atom is 0.249 e. The molecule has 34 heavy (non-hydrogen) atoms. The third-order valence-electron chi connectivity index (χ3n) is 5.61. The number of nitrogens with zero attached hydrogens (tertiary/aromatic N) is 1. The van der Waals surface area contributed by atoms with E-state index in [0.717, 1.165) is 11.1 Å². The predicted octanol–water partition coefficient (Wildman–Crippen LogP) is 2.75. The van der Waals surface area contributed by atoms with Crippen molar-refractivity contribution in [2.45, 2.75) is 64.2 Å². The lowest BCUT2D eigenvalue weighted by Gasteiger charge is -2.31. The fourth-order valence-electron chi connectivity index (χ4n) is 3.60. The molecule has 0 saturated heterocycles. The zero-order valence-corrected chi connectivity index (χ0v) is 21.5. The first-order chi connectivity index (χ1) is 15.9. The molecule has 3 atom stereocenters. The SMILES string of the molecule is Cc1ccc(S(=O)(=O)N(CC(C)C)C[C@@H](O)[C@H](Cc2ccccc2)NC(=O)[C@@H](O)C(C)C)cc1. The van der Waals surface area contributed by atoms with Crippen molar-refractivity contribution >= 4 is 15.9 Å². The standard InChI is InChI=1S/C26H38N2O5S/c1-18(2)16-28(34(32,33)22-13-11-20(5)12-14-22)17-24(29)23(15-21-9-7-6-8-10-21)27-26(31)25(30)19(3)4/h6-14,18-19,23-25,29-30H,15-17H2,1-5H3,(H,27,31)/t23-,24+,25-/m0/s1. The van der Waals surface area contributed by atoms with Crippen LogP contribution in [-0.2, 0) is 21.2 Å². The number of sulfonamides is 1. The number of nitrogens with one attached hydrogen (secondary N) is 1. The normalized spacial score (nSPS) is 14.9. The maximum atomic E-state index is 13.4. The number of rotatable bonds is 12. The molecular weight excluding hydrogens is 452 g/mol. The Hall–Kier alpha value is -2.26. The third kappa shape index (κ3) is 7.91. The number of aliphatic hydroxyl groups excluding tert-OH is 2. The van der Waals surface area contributed by atoms with Crippen molar-refractivity contribution in [1.82, 2.24) is 9.62 Å². The Balaban J connectivity index is 2.32. The Morgan fingerprint density at radius 1 is 0.941 bits per heavy atom. The molecule has 0 aromatic heterocycles. The second kappa shape index (κ2) is 12.4. The van der Waals surface area contributed by atoms with Crippen molar-refractivity contribution in [3.63, 3.8) is 0 Å². The van der Waals surface area contributed by atoms with Crippen molar-refractivity contribution in [1.29, 1.82) is 0 Å². The Morgan fingerprint density at radius 3 is 2.06 bits per heavy atom. The van der Waals surface area contributed by atoms with Crippen LogP contribution in [0.5, 0.6) is 0 Å². The molecule has 188 valence electrons. The van der Waals surface area contributed by atoms with Crippen LogP contribution in [0.2, 0.25) is 0 Å². The number of hydrogen-bond donors (Lipinski definition) is 3. The zero-order chi connectivity index (χ0) is 25.5. The van der Waals surface area contributed by atoms with Gasteiger partial charge in [0.15, 0.2) is 0 Å². The summed E-state index contributed by atoms with van der Waals surface area (Å²) < 4.78 is 28.1. The van der Waals surface area contributed by atoms with E-state index in [2.05, 4.69) is 5.32 Å². The fraction of sp³-hybridized carbons (Fsp3) is 0.500. The minimum Gasteiger partial charge on any atom is -0.390 e. The highest BCUT2D eigenvalue weighted by molar-refractivity contribution is 7.89. The van der Waals surface area contributed by atoms with Gasteiger partial charge in [0.1, 0.15) is 6.10 Å². The summed E-state index contributed by atoms with van der Waals surface area (Å²) in [5.41, 5.74) is 1.83. The van der Waals surface area contributed by atoms with Gasteiger partial charge in [0, 0.05) is 13.1 Å². The molecule has 0 aliphatic heterocycles. The molecular formula is C26H38N2O5S. The molecule has 1 amide bonds. The van der Waals surface area contributed by atoms with Crippen LogP contribution in [-0.4, -0.2) is 60.2 Å². The summed E-state index contributed by atoms with van der Waals surface area (Å²) in [4.78, 5) is 12.8. The molecule has 0 aliphatic carbocycles. The lowest BCUT2D eigenvalue weighted by atomic mass is 9.99. The van der Waals surface area contributed by atoms with Gasteiger partial charge >= 0.3 is 0 Å². The lowest BCUT2D eigenvalue weighted by Crippen LogP contribution is -2.53. The topological polar surface area (TPSA) is 107 Å². The first-order valence-electron chi connectivity index (χ1n) is 11.7. The average molecular weight is 491 g/mol. The molecule has 3 N–H and O–H groups in total. The van der Waals surface area contributed by atoms with Gasteiger partial charge in [-0.2, -0.15) is 4.31 Å². The van der Waals surface area contributed by atoms with Crippen LogP contribution >= 0.6 is 0 Å². The number of benzene rings is 2. The number of aliphatic hydroxyl groups is 2. The molecule has 2 aromatic carbocycles. The number of carbonyl (C=O) groups excluding carboxylic acids is 1. The van der Waals surface area contributed by atoms with E-state index in [4.69, 9.17) is 0 Å². The van der Waals surface area contributed by atoms with E-state index in [0.29, 0.717) is 6.42 Å². The van der Waals surface area contributed by atoms with E-state index < -0.39 is 34.2 Å². The zero-order valence-electron chi connectivity index (χ0n) is 20.7. The van der Waals surface area contributed by atoms with E-state index in [1.807, 2.05) is 51.1 Å². The second-order valence-electron chi connectivity index (χ2n) is 9.59. The Kier molecular flexibility index (Phi) is 10.2. The van der Waals surface area contributed by atoms with E-state index in [1.165, 1.54) is 4.31 Å². The Morgan fingerprint density at radius 2 is 1.53 bits per heavy atom. The largest absolute Gasteiger partial charge is 0.390 e. The van der Waals surface area contributed by atoms with Gasteiger partial charge in [-0.05, 0) is 42.9 Å². The van der Waals surface area contributed by atoms with Gasteiger partial charge in [0.05, 0.1) is 17.0 Å². The van der Waals surface area contributed by atoms with E-state index >= 15 is 0 Å². The van der Waals surface area contributed by atoms with Crippen LogP contribution in [0.1, 0.15) is 38.8 Å². The molecule has 0 bridgehead atoms. The van der Waals surface area contributed by atoms with Crippen molar-refractivity contribution in [2.75, 3.05) is 13.1 Å². The number of aryl methyl sites for hydroxylation is 1. The van der Waals surface area contributed by atoms with Crippen molar-refractivity contribution in [3.8, 4) is 0 Å². The highest BCUT2D eigenvalue weighted by Crippen LogP contribution is 2.20.